The predicted octanol–water partition coefficient (Wildman–Crippen LogP) is 5.58. The van der Waals surface area contributed by atoms with Crippen molar-refractivity contribution in [3.63, 3.8) is 0 Å². The maximum absolute atomic E-state index is 14.2. The molecule has 0 aliphatic heterocycles. The minimum absolute atomic E-state index is 0.0625. The molecule has 50 heavy (non-hydrogen) atoms. The van der Waals surface area contributed by atoms with Crippen molar-refractivity contribution in [1.29, 1.82) is 0 Å². The zero-order valence-corrected chi connectivity index (χ0v) is 30.4. The van der Waals surface area contributed by atoms with Crippen LogP contribution >= 0.6 is 11.6 Å². The fourth-order valence-corrected chi connectivity index (χ4v) is 8.01. The number of aromatic nitrogens is 4. The molecule has 4 N–H and O–H groups in total. The predicted molar refractivity (Wildman–Crippen MR) is 193 cm³/mol. The number of nitrogens with zero attached hydrogens (tertiary/aromatic N) is 3. The summed E-state index contributed by atoms with van der Waals surface area (Å²) in [5.74, 6) is -0.223. The molecule has 11 nitrogen and oxygen atoms in total. The number of likely N-dealkylation sites (N-methyl/N-ethyl adjacent to an activating group) is 1. The number of carbonyl (C=O) groups is 3. The van der Waals surface area contributed by atoms with Gasteiger partial charge in [0.15, 0.2) is 0 Å². The molecule has 2 saturated carbocycles. The zero-order chi connectivity index (χ0) is 35.8. The molecule has 2 aliphatic rings. The second kappa shape index (κ2) is 14.2. The number of hydrogen-bond acceptors (Lipinski definition) is 6. The molecule has 2 aromatic carbocycles. The van der Waals surface area contributed by atoms with Crippen LogP contribution in [0.15, 0.2) is 54.7 Å². The average Bonchev–Trinajstić information content (AvgIpc) is 3.57. The van der Waals surface area contributed by atoms with E-state index in [-0.39, 0.29) is 42.1 Å². The van der Waals surface area contributed by atoms with Crippen molar-refractivity contribution in [2.24, 2.45) is 24.3 Å². The van der Waals surface area contributed by atoms with Crippen molar-refractivity contribution < 1.29 is 19.1 Å². The van der Waals surface area contributed by atoms with Crippen LogP contribution in [0.3, 0.4) is 0 Å². The van der Waals surface area contributed by atoms with E-state index in [2.05, 4.69) is 39.9 Å². The molecule has 1 spiro atoms. The van der Waals surface area contributed by atoms with Crippen LogP contribution in [0.5, 0.6) is 0 Å². The van der Waals surface area contributed by atoms with E-state index in [1.165, 1.54) is 17.5 Å². The third-order valence-electron chi connectivity index (χ3n) is 10.8. The number of H-pyrrole nitrogens is 1. The van der Waals surface area contributed by atoms with E-state index < -0.39 is 17.5 Å². The number of hydrogen-bond donors (Lipinski definition) is 4. The normalized spacial score (nSPS) is 18.2. The molecule has 2 aliphatic carbocycles. The summed E-state index contributed by atoms with van der Waals surface area (Å²) in [5, 5.41) is 14.1. The molecule has 12 heteroatoms. The van der Waals surface area contributed by atoms with Crippen LogP contribution in [0.2, 0.25) is 5.02 Å². The van der Waals surface area contributed by atoms with Gasteiger partial charge in [0.2, 0.25) is 11.8 Å². The van der Waals surface area contributed by atoms with E-state index in [1.54, 1.807) is 26.4 Å². The number of fused-ring (bicyclic) bond motifs is 1. The Bertz CT molecular complexity index is 1870. The van der Waals surface area contributed by atoms with Crippen LogP contribution in [-0.4, -0.2) is 63.8 Å². The summed E-state index contributed by atoms with van der Waals surface area (Å²) in [5.41, 5.74) is 2.65. The Kier molecular flexibility index (Phi) is 10.1. The van der Waals surface area contributed by atoms with Gasteiger partial charge in [-0.05, 0) is 92.2 Å². The van der Waals surface area contributed by atoms with Crippen molar-refractivity contribution in [3.05, 3.63) is 82.4 Å². The molecule has 4 aromatic rings. The van der Waals surface area contributed by atoms with E-state index in [4.69, 9.17) is 21.3 Å². The monoisotopic (exact) mass is 701 g/mol. The van der Waals surface area contributed by atoms with Crippen molar-refractivity contribution in [3.8, 4) is 0 Å². The lowest BCUT2D eigenvalue weighted by atomic mass is 9.68. The Hall–Kier alpha value is -4.22. The first-order chi connectivity index (χ1) is 23.9. The number of carbonyl (C=O) groups excluding carboxylic acids is 3. The number of methoxy groups -OCH3 is 1. The zero-order valence-electron chi connectivity index (χ0n) is 29.7. The van der Waals surface area contributed by atoms with Gasteiger partial charge in [-0.1, -0.05) is 49.7 Å². The fourth-order valence-electron chi connectivity index (χ4n) is 7.75. The maximum Gasteiger partial charge on any atom is 0.270 e. The first-order valence-electron chi connectivity index (χ1n) is 17.5. The molecule has 2 heterocycles. The van der Waals surface area contributed by atoms with Crippen molar-refractivity contribution in [2.75, 3.05) is 20.3 Å². The summed E-state index contributed by atoms with van der Waals surface area (Å²) >= 11 is 6.76. The Morgan fingerprint density at radius 1 is 1.12 bits per heavy atom. The van der Waals surface area contributed by atoms with Crippen LogP contribution in [0.25, 0.3) is 11.0 Å². The van der Waals surface area contributed by atoms with Gasteiger partial charge in [0.25, 0.3) is 5.91 Å². The van der Waals surface area contributed by atoms with E-state index in [0.29, 0.717) is 39.6 Å². The van der Waals surface area contributed by atoms with Crippen LogP contribution in [-0.2, 0) is 26.8 Å². The molecule has 0 bridgehead atoms. The van der Waals surface area contributed by atoms with Gasteiger partial charge in [0.1, 0.15) is 17.6 Å². The van der Waals surface area contributed by atoms with Gasteiger partial charge in [-0.25, -0.2) is 4.98 Å². The summed E-state index contributed by atoms with van der Waals surface area (Å²) in [6.07, 6.45) is 5.92. The lowest BCUT2D eigenvalue weighted by Gasteiger charge is -2.41. The highest BCUT2D eigenvalue weighted by Crippen LogP contribution is 2.64. The van der Waals surface area contributed by atoms with Gasteiger partial charge < -0.3 is 25.7 Å². The van der Waals surface area contributed by atoms with E-state index in [1.807, 2.05) is 56.3 Å². The van der Waals surface area contributed by atoms with Gasteiger partial charge in [-0.2, -0.15) is 5.10 Å². The van der Waals surface area contributed by atoms with Crippen LogP contribution in [0.1, 0.15) is 92.8 Å². The summed E-state index contributed by atoms with van der Waals surface area (Å²) in [6.45, 7) is 8.50. The molecule has 2 aromatic heterocycles. The van der Waals surface area contributed by atoms with Crippen molar-refractivity contribution in [2.45, 2.75) is 76.8 Å². The number of amides is 3. The van der Waals surface area contributed by atoms with Gasteiger partial charge in [-0.15, -0.1) is 0 Å². The summed E-state index contributed by atoms with van der Waals surface area (Å²) < 4.78 is 7.15. The SMILES string of the molecule is CCNC(=O)[C@H](NC(=O)C(C)(COC)c1ccc2[nH]c([C@@H](NC(=O)c3ccnn3C)[C@H](c3ccccc3Cl)C(C)C)nc2c1)C1CC2(CC2)C1. The summed E-state index contributed by atoms with van der Waals surface area (Å²) in [4.78, 5) is 49.5. The molecule has 1 unspecified atom stereocenters. The number of halogens is 1. The second-order valence-corrected chi connectivity index (χ2v) is 15.1. The summed E-state index contributed by atoms with van der Waals surface area (Å²) in [6, 6.07) is 13.8. The minimum atomic E-state index is -1.11. The molecule has 2 fully saturated rings. The standard InChI is InChI=1S/C38H48ClN7O4/c1-7-40-35(48)31(23-19-38(20-23)15-16-38)45-36(49)37(4,21-50-6)24-12-13-27-28(18-24)43-33(42-27)32(44-34(47)29-14-17-41-46(29)5)30(22(2)3)25-10-8-9-11-26(25)39/h8-14,17-18,22-23,30-32H,7,15-16,19-21H2,1-6H3,(H,40,48)(H,42,43)(H,44,47)(H,45,49)/t30-,31+,32-,37?/m0/s1. The number of nitrogens with one attached hydrogen (secondary N) is 4. The Morgan fingerprint density at radius 2 is 1.86 bits per heavy atom. The van der Waals surface area contributed by atoms with Crippen LogP contribution < -0.4 is 16.0 Å². The Balaban J connectivity index is 1.35. The highest BCUT2D eigenvalue weighted by molar-refractivity contribution is 6.31. The third-order valence-corrected chi connectivity index (χ3v) is 11.1. The number of ether oxygens (including phenoxy) is 1. The first-order valence-corrected chi connectivity index (χ1v) is 17.9. The van der Waals surface area contributed by atoms with Crippen molar-refractivity contribution in [1.82, 2.24) is 35.7 Å². The highest BCUT2D eigenvalue weighted by Gasteiger charge is 2.56. The number of imidazole rings is 1. The molecular formula is C38H48ClN7O4. The molecule has 4 atom stereocenters. The Labute approximate surface area is 298 Å². The molecule has 6 rings (SSSR count). The average molecular weight is 702 g/mol. The number of aryl methyl sites for hydroxylation is 1. The van der Waals surface area contributed by atoms with Gasteiger partial charge in [-0.3, -0.25) is 19.1 Å². The molecule has 0 radical (unpaired) electrons. The maximum atomic E-state index is 14.2. The number of aromatic amines is 1. The molecule has 266 valence electrons. The quantitative estimate of drug-likeness (QED) is 0.135. The number of benzene rings is 2. The van der Waals surface area contributed by atoms with Gasteiger partial charge in [0.05, 0.1) is 29.1 Å². The largest absolute Gasteiger partial charge is 0.383 e. The minimum Gasteiger partial charge on any atom is -0.383 e. The van der Waals surface area contributed by atoms with E-state index >= 15 is 0 Å². The lowest BCUT2D eigenvalue weighted by molar-refractivity contribution is -0.135. The van der Waals surface area contributed by atoms with Crippen LogP contribution in [0, 0.1) is 17.3 Å². The smallest absolute Gasteiger partial charge is 0.270 e. The van der Waals surface area contributed by atoms with Gasteiger partial charge >= 0.3 is 0 Å². The highest BCUT2D eigenvalue weighted by atomic mass is 35.5. The third kappa shape index (κ3) is 6.90. The first kappa shape index (κ1) is 35.6. The summed E-state index contributed by atoms with van der Waals surface area (Å²) in [7, 11) is 3.29. The molecular weight excluding hydrogens is 654 g/mol. The second-order valence-electron chi connectivity index (χ2n) is 14.7. The van der Waals surface area contributed by atoms with Gasteiger partial charge in [0, 0.05) is 37.8 Å². The topological polar surface area (TPSA) is 143 Å². The van der Waals surface area contributed by atoms with Crippen molar-refractivity contribution >= 4 is 40.4 Å². The fraction of sp³-hybridized carbons (Fsp3) is 0.500. The van der Waals surface area contributed by atoms with Crippen LogP contribution in [0.4, 0.5) is 0 Å². The van der Waals surface area contributed by atoms with E-state index in [0.717, 1.165) is 23.9 Å². The molecule has 3 amide bonds. The lowest BCUT2D eigenvalue weighted by Crippen LogP contribution is -2.58. The Morgan fingerprint density at radius 3 is 2.48 bits per heavy atom. The molecule has 0 saturated heterocycles. The number of rotatable bonds is 14. The van der Waals surface area contributed by atoms with E-state index in [9.17, 15) is 14.4 Å².